The summed E-state index contributed by atoms with van der Waals surface area (Å²) >= 11 is 0. The Kier molecular flexibility index (Phi) is 5.49. The van der Waals surface area contributed by atoms with E-state index in [1.54, 1.807) is 12.9 Å². The number of nitrogens with one attached hydrogen (secondary N) is 1. The van der Waals surface area contributed by atoms with E-state index in [-0.39, 0.29) is 0 Å². The molecule has 0 saturated carbocycles. The summed E-state index contributed by atoms with van der Waals surface area (Å²) < 4.78 is 0. The average Bonchev–Trinajstić information content (AvgIpc) is 2.14. The maximum atomic E-state index is 11.3. The van der Waals surface area contributed by atoms with Crippen LogP contribution >= 0.6 is 0 Å². The molecule has 0 aliphatic carbocycles. The Balaban J connectivity index is 4.76. The largest absolute Gasteiger partial charge is 0.362 e. The number of rotatable bonds is 4. The molecule has 1 N–H and O–H groups in total. The Hall–Kier alpha value is -1.41. The molecule has 0 radical (unpaired) electrons. The van der Waals surface area contributed by atoms with Gasteiger partial charge >= 0.3 is 5.97 Å². The number of hydrogen-bond donors (Lipinski definition) is 1. The highest BCUT2D eigenvalue weighted by Gasteiger charge is 2.13. The topological polar surface area (TPSA) is 62.5 Å². The van der Waals surface area contributed by atoms with Gasteiger partial charge in [-0.2, -0.15) is 0 Å². The Bertz CT molecular complexity index is 286. The van der Waals surface area contributed by atoms with E-state index >= 15 is 0 Å². The van der Waals surface area contributed by atoms with Crippen LogP contribution in [0.3, 0.4) is 0 Å². The van der Waals surface area contributed by atoms with E-state index in [1.807, 2.05) is 20.8 Å². The molecule has 0 unspecified atom stereocenters. The summed E-state index contributed by atoms with van der Waals surface area (Å²) in [5.74, 6) is -0.188. The van der Waals surface area contributed by atoms with Crippen LogP contribution in [-0.4, -0.2) is 12.0 Å². The van der Waals surface area contributed by atoms with Crippen LogP contribution in [0.5, 0.6) is 0 Å². The zero-order chi connectivity index (χ0) is 11.1. The van der Waals surface area contributed by atoms with Crippen LogP contribution in [0.1, 0.15) is 34.1 Å². The first-order chi connectivity index (χ1) is 6.54. The van der Waals surface area contributed by atoms with E-state index < -0.39 is 5.97 Å². The summed E-state index contributed by atoms with van der Waals surface area (Å²) in [6, 6.07) is 1.65. The minimum Gasteiger partial charge on any atom is -0.303 e. The quantitative estimate of drug-likeness (QED) is 0.325. The minimum absolute atomic E-state index is 0.316. The lowest BCUT2D eigenvalue weighted by Gasteiger charge is -2.11. The van der Waals surface area contributed by atoms with Crippen molar-refractivity contribution in [3.05, 3.63) is 11.1 Å². The fourth-order valence-electron chi connectivity index (χ4n) is 1.37. The number of carbonyl (C=O) groups excluding carboxylic acids is 1. The molecule has 4 heteroatoms. The fraction of sp³-hybridized carbons (Fsp3) is 0.600. The zero-order valence-electron chi connectivity index (χ0n) is 9.05. The van der Waals surface area contributed by atoms with E-state index in [9.17, 15) is 4.79 Å². The molecule has 0 heterocycles. The second kappa shape index (κ2) is 6.11. The first kappa shape index (κ1) is 12.6. The first-order valence-electron chi connectivity index (χ1n) is 4.57. The Labute approximate surface area is 84.1 Å². The van der Waals surface area contributed by atoms with Gasteiger partial charge in [-0.25, -0.2) is 10.2 Å². The van der Waals surface area contributed by atoms with Gasteiger partial charge < -0.3 is 4.84 Å². The van der Waals surface area contributed by atoms with Gasteiger partial charge in [0, 0.05) is 5.57 Å². The average molecular weight is 196 g/mol. The van der Waals surface area contributed by atoms with Crippen molar-refractivity contribution in [2.45, 2.75) is 34.1 Å². The van der Waals surface area contributed by atoms with Crippen molar-refractivity contribution in [1.29, 1.82) is 5.41 Å². The monoisotopic (exact) mass is 196 g/mol. The standard InChI is InChI=1S/C10H16N2O2/c1-5-9(7(2)3)8(4)10(13)14-12-6-11/h7,11H,5H2,1-4H3. The summed E-state index contributed by atoms with van der Waals surface area (Å²) in [5, 5.41) is 9.47. The molecule has 0 amide bonds. The molecule has 0 saturated heterocycles. The van der Waals surface area contributed by atoms with Crippen molar-refractivity contribution < 1.29 is 9.63 Å². The molecule has 14 heavy (non-hydrogen) atoms. The van der Waals surface area contributed by atoms with E-state index in [1.165, 1.54) is 0 Å². The summed E-state index contributed by atoms with van der Waals surface area (Å²) in [6.45, 7) is 7.75. The van der Waals surface area contributed by atoms with Crippen molar-refractivity contribution >= 4 is 12.0 Å². The second-order valence-electron chi connectivity index (χ2n) is 3.24. The van der Waals surface area contributed by atoms with Crippen LogP contribution < -0.4 is 0 Å². The van der Waals surface area contributed by atoms with E-state index in [4.69, 9.17) is 5.41 Å². The van der Waals surface area contributed by atoms with Gasteiger partial charge in [-0.1, -0.05) is 26.3 Å². The van der Waals surface area contributed by atoms with Gasteiger partial charge in [0.15, 0.2) is 0 Å². The van der Waals surface area contributed by atoms with Crippen molar-refractivity contribution in [3.63, 3.8) is 0 Å². The number of nitrogens with zero attached hydrogens (tertiary/aromatic N) is 1. The number of allylic oxidation sites excluding steroid dienone is 1. The summed E-state index contributed by atoms with van der Waals surface area (Å²) in [5.41, 5.74) is 1.62. The van der Waals surface area contributed by atoms with Crippen molar-refractivity contribution in [2.24, 2.45) is 11.1 Å². The molecular weight excluding hydrogens is 180 g/mol. The van der Waals surface area contributed by atoms with E-state index in [0.29, 0.717) is 11.5 Å². The van der Waals surface area contributed by atoms with Crippen molar-refractivity contribution in [1.82, 2.24) is 0 Å². The SMILES string of the molecule is CCC(=C(C)C(=O)ON=C=N)C(C)C. The molecule has 0 aromatic rings. The Morgan fingerprint density at radius 2 is 2.14 bits per heavy atom. The second-order valence-corrected chi connectivity index (χ2v) is 3.24. The van der Waals surface area contributed by atoms with Gasteiger partial charge in [0.25, 0.3) is 0 Å². The summed E-state index contributed by atoms with van der Waals surface area (Å²) in [4.78, 5) is 15.7. The molecule has 4 nitrogen and oxygen atoms in total. The van der Waals surface area contributed by atoms with Gasteiger partial charge in [0.1, 0.15) is 6.01 Å². The molecule has 0 aliphatic rings. The van der Waals surface area contributed by atoms with Gasteiger partial charge in [0.2, 0.25) is 0 Å². The molecule has 0 aliphatic heterocycles. The van der Waals surface area contributed by atoms with Crippen LogP contribution in [0.15, 0.2) is 16.3 Å². The lowest BCUT2D eigenvalue weighted by Crippen LogP contribution is -2.07. The molecule has 78 valence electrons. The Morgan fingerprint density at radius 1 is 1.57 bits per heavy atom. The third-order valence-corrected chi connectivity index (χ3v) is 2.04. The predicted octanol–water partition coefficient (Wildman–Crippen LogP) is 2.58. The molecule has 0 aromatic heterocycles. The smallest absolute Gasteiger partial charge is 0.303 e. The number of hydrogen-bond acceptors (Lipinski definition) is 4. The maximum Gasteiger partial charge on any atom is 0.362 e. The van der Waals surface area contributed by atoms with Gasteiger partial charge in [-0.15, -0.1) is 0 Å². The maximum absolute atomic E-state index is 11.3. The molecule has 0 fully saturated rings. The molecule has 0 bridgehead atoms. The third kappa shape index (κ3) is 3.54. The highest BCUT2D eigenvalue weighted by Crippen LogP contribution is 2.19. The third-order valence-electron chi connectivity index (χ3n) is 2.04. The molecular formula is C10H16N2O2. The summed E-state index contributed by atoms with van der Waals surface area (Å²) in [6.07, 6.45) is 0.812. The van der Waals surface area contributed by atoms with Crippen LogP contribution in [0.25, 0.3) is 0 Å². The van der Waals surface area contributed by atoms with Gasteiger partial charge in [0.05, 0.1) is 0 Å². The predicted molar refractivity (Wildman–Crippen MR) is 54.1 cm³/mol. The first-order valence-corrected chi connectivity index (χ1v) is 4.57. The lowest BCUT2D eigenvalue weighted by atomic mass is 9.96. The molecule has 0 spiro atoms. The van der Waals surface area contributed by atoms with Crippen LogP contribution in [0, 0.1) is 11.3 Å². The molecule has 0 atom stereocenters. The Morgan fingerprint density at radius 3 is 2.50 bits per heavy atom. The fourth-order valence-corrected chi connectivity index (χ4v) is 1.37. The van der Waals surface area contributed by atoms with Gasteiger partial charge in [-0.3, -0.25) is 0 Å². The van der Waals surface area contributed by atoms with Gasteiger partial charge in [-0.05, 0) is 24.4 Å². The zero-order valence-corrected chi connectivity index (χ0v) is 9.05. The molecule has 0 rings (SSSR count). The van der Waals surface area contributed by atoms with Crippen molar-refractivity contribution in [2.75, 3.05) is 0 Å². The van der Waals surface area contributed by atoms with E-state index in [0.717, 1.165) is 12.0 Å². The highest BCUT2D eigenvalue weighted by molar-refractivity contribution is 5.88. The van der Waals surface area contributed by atoms with Crippen LogP contribution in [0.4, 0.5) is 0 Å². The summed E-state index contributed by atoms with van der Waals surface area (Å²) in [7, 11) is 0. The van der Waals surface area contributed by atoms with Crippen molar-refractivity contribution in [3.8, 4) is 0 Å². The highest BCUT2D eigenvalue weighted by atomic mass is 16.7. The lowest BCUT2D eigenvalue weighted by molar-refractivity contribution is -0.139. The molecule has 0 aromatic carbocycles. The van der Waals surface area contributed by atoms with E-state index in [2.05, 4.69) is 9.99 Å². The normalized spacial score (nSPS) is 11.8. The van der Waals surface area contributed by atoms with Crippen LogP contribution in [-0.2, 0) is 9.63 Å². The van der Waals surface area contributed by atoms with Crippen LogP contribution in [0.2, 0.25) is 0 Å². The number of carbonyl (C=O) groups is 1. The minimum atomic E-state index is -0.504.